The molecule has 0 fully saturated rings. The third-order valence-electron chi connectivity index (χ3n) is 13.8. The molecule has 0 spiro atoms. The highest BCUT2D eigenvalue weighted by molar-refractivity contribution is 7.26. The molecule has 14 aromatic rings. The van der Waals surface area contributed by atoms with E-state index in [-0.39, 0.29) is 0 Å². The Balaban J connectivity index is 0.982. The molecule has 9 aromatic carbocycles. The van der Waals surface area contributed by atoms with Crippen LogP contribution in [0.3, 0.4) is 0 Å². The van der Waals surface area contributed by atoms with Gasteiger partial charge in [-0.1, -0.05) is 146 Å². The Morgan fingerprint density at radius 2 is 1.18 bits per heavy atom. The summed E-state index contributed by atoms with van der Waals surface area (Å²) in [6.45, 7) is 6.22. The number of thiophene rings is 2. The minimum Gasteiger partial charge on any atom is -0.456 e. The highest BCUT2D eigenvalue weighted by Crippen LogP contribution is 2.48. The van der Waals surface area contributed by atoms with E-state index >= 15 is 0 Å². The Bertz CT molecular complexity index is 4500. The van der Waals surface area contributed by atoms with Crippen LogP contribution in [0.25, 0.3) is 148 Å². The average Bonchev–Trinajstić information content (AvgIpc) is 4.19. The number of benzene rings is 9. The number of hydrogen-bond donors (Lipinski definition) is 0. The van der Waals surface area contributed by atoms with Crippen molar-refractivity contribution in [2.45, 2.75) is 6.92 Å². The standard InChI is InChI=1S/C64H40N4OS2/c1-3-16-45-46-30-27-39(37-58(46)70-55(45)4-2)43-31-34-57-61(47-22-12-14-26-56(47)71-57)59(43)40-29-33-53-50(35-40)60-48(23-15-25-54(60)69-53)64-66-62(38-17-7-5-8-18-38)65-63(67-64)41-28-32-52-49(36-41)44-21-11-13-24-51(44)68(52)42-19-9-6-10-20-42/h3-37H,2H2,1H3/b16-3-. The molecular weight excluding hydrogens is 905 g/mol. The number of aromatic nitrogens is 4. The van der Waals surface area contributed by atoms with E-state index in [1.165, 1.54) is 57.4 Å². The summed E-state index contributed by atoms with van der Waals surface area (Å²) in [5.41, 5.74) is 13.5. The quantitative estimate of drug-likeness (QED) is 0.152. The Hall–Kier alpha value is -8.75. The fourth-order valence-electron chi connectivity index (χ4n) is 10.6. The minimum atomic E-state index is 0.575. The summed E-state index contributed by atoms with van der Waals surface area (Å²) >= 11 is 3.63. The predicted octanol–water partition coefficient (Wildman–Crippen LogP) is 18.5. The van der Waals surface area contributed by atoms with E-state index in [0.29, 0.717) is 17.5 Å². The maximum Gasteiger partial charge on any atom is 0.164 e. The van der Waals surface area contributed by atoms with Gasteiger partial charge in [0.25, 0.3) is 0 Å². The van der Waals surface area contributed by atoms with Crippen molar-refractivity contribution < 1.29 is 4.42 Å². The Kier molecular flexibility index (Phi) is 9.56. The van der Waals surface area contributed by atoms with Crippen molar-refractivity contribution in [2.24, 2.45) is 0 Å². The van der Waals surface area contributed by atoms with Crippen LogP contribution < -0.4 is 0 Å². The third kappa shape index (κ3) is 6.62. The maximum atomic E-state index is 6.73. The second-order valence-electron chi connectivity index (χ2n) is 17.8. The second kappa shape index (κ2) is 16.5. The largest absolute Gasteiger partial charge is 0.456 e. The van der Waals surface area contributed by atoms with Gasteiger partial charge in [-0.05, 0) is 108 Å². The molecule has 0 bridgehead atoms. The molecule has 0 aliphatic heterocycles. The highest BCUT2D eigenvalue weighted by atomic mass is 32.1. The summed E-state index contributed by atoms with van der Waals surface area (Å²) in [5.74, 6) is 1.77. The lowest BCUT2D eigenvalue weighted by Gasteiger charge is -2.14. The average molecular weight is 945 g/mol. The normalized spacial score (nSPS) is 12.0. The topological polar surface area (TPSA) is 56.7 Å². The van der Waals surface area contributed by atoms with Gasteiger partial charge in [-0.25, -0.2) is 15.0 Å². The summed E-state index contributed by atoms with van der Waals surface area (Å²) in [4.78, 5) is 17.0. The number of fused-ring (bicyclic) bond motifs is 10. The van der Waals surface area contributed by atoms with E-state index in [2.05, 4.69) is 194 Å². The SMILES string of the molecule is C=Cc1sc2cc(-c3ccc4sc5ccccc5c4c3-c3ccc4oc5cccc(-c6nc(-c7ccccc7)nc(-c7ccc8c(c7)c7ccccc7n8-c7ccccc7)n6)c5c4c3)ccc2c1/C=C\C. The summed E-state index contributed by atoms with van der Waals surface area (Å²) < 4.78 is 12.8. The number of para-hydroxylation sites is 2. The van der Waals surface area contributed by atoms with Crippen LogP contribution in [0.1, 0.15) is 17.4 Å². The van der Waals surface area contributed by atoms with E-state index in [4.69, 9.17) is 19.4 Å². The predicted molar refractivity (Wildman–Crippen MR) is 302 cm³/mol. The van der Waals surface area contributed by atoms with Gasteiger partial charge in [-0.3, -0.25) is 0 Å². The van der Waals surface area contributed by atoms with Crippen LogP contribution in [0.2, 0.25) is 0 Å². The van der Waals surface area contributed by atoms with Crippen LogP contribution in [0.15, 0.2) is 211 Å². The van der Waals surface area contributed by atoms with Crippen molar-refractivity contribution in [3.8, 4) is 62.1 Å². The number of furan rings is 1. The van der Waals surface area contributed by atoms with Crippen molar-refractivity contribution in [3.05, 3.63) is 217 Å². The van der Waals surface area contributed by atoms with Crippen LogP contribution in [-0.4, -0.2) is 19.5 Å². The van der Waals surface area contributed by atoms with Crippen LogP contribution in [0.5, 0.6) is 0 Å². The molecule has 334 valence electrons. The molecule has 0 unspecified atom stereocenters. The lowest BCUT2D eigenvalue weighted by atomic mass is 9.89. The molecule has 5 aromatic heterocycles. The van der Waals surface area contributed by atoms with Gasteiger partial charge in [0.2, 0.25) is 0 Å². The number of hydrogen-bond acceptors (Lipinski definition) is 6. The first-order chi connectivity index (χ1) is 35.1. The van der Waals surface area contributed by atoms with E-state index in [1.54, 1.807) is 11.3 Å². The lowest BCUT2D eigenvalue weighted by molar-refractivity contribution is 0.669. The molecule has 71 heavy (non-hydrogen) atoms. The fourth-order valence-corrected chi connectivity index (χ4v) is 12.8. The van der Waals surface area contributed by atoms with Crippen molar-refractivity contribution in [1.82, 2.24) is 19.5 Å². The van der Waals surface area contributed by atoms with Crippen LogP contribution in [-0.2, 0) is 0 Å². The van der Waals surface area contributed by atoms with Gasteiger partial charge in [-0.2, -0.15) is 0 Å². The van der Waals surface area contributed by atoms with Crippen LogP contribution >= 0.6 is 22.7 Å². The second-order valence-corrected chi connectivity index (χ2v) is 20.0. The zero-order valence-electron chi connectivity index (χ0n) is 38.4. The molecule has 14 rings (SSSR count). The van der Waals surface area contributed by atoms with Gasteiger partial charge in [0.05, 0.1) is 11.0 Å². The molecule has 0 amide bonds. The van der Waals surface area contributed by atoms with Crippen LogP contribution in [0.4, 0.5) is 0 Å². The lowest BCUT2D eigenvalue weighted by Crippen LogP contribution is -2.00. The molecule has 0 radical (unpaired) electrons. The maximum absolute atomic E-state index is 6.73. The molecule has 0 aliphatic rings. The van der Waals surface area contributed by atoms with Crippen molar-refractivity contribution in [1.29, 1.82) is 0 Å². The van der Waals surface area contributed by atoms with Crippen molar-refractivity contribution >= 4 is 109 Å². The zero-order valence-corrected chi connectivity index (χ0v) is 40.1. The van der Waals surface area contributed by atoms with Crippen molar-refractivity contribution in [3.63, 3.8) is 0 Å². The first-order valence-electron chi connectivity index (χ1n) is 23.7. The first-order valence-corrected chi connectivity index (χ1v) is 25.4. The van der Waals surface area contributed by atoms with E-state index in [1.807, 2.05) is 47.7 Å². The number of rotatable bonds is 8. The van der Waals surface area contributed by atoms with Gasteiger partial charge >= 0.3 is 0 Å². The summed E-state index contributed by atoms with van der Waals surface area (Å²) in [7, 11) is 0. The smallest absolute Gasteiger partial charge is 0.164 e. The molecule has 0 saturated heterocycles. The van der Waals surface area contributed by atoms with Gasteiger partial charge in [0, 0.05) is 79.1 Å². The van der Waals surface area contributed by atoms with Gasteiger partial charge in [0.1, 0.15) is 11.2 Å². The zero-order chi connectivity index (χ0) is 47.2. The summed E-state index contributed by atoms with van der Waals surface area (Å²) in [6.07, 6.45) is 6.26. The molecular formula is C64H40N4OS2. The van der Waals surface area contributed by atoms with Crippen LogP contribution in [0, 0.1) is 0 Å². The molecule has 7 heteroatoms. The van der Waals surface area contributed by atoms with E-state index in [9.17, 15) is 0 Å². The van der Waals surface area contributed by atoms with Crippen molar-refractivity contribution in [2.75, 3.05) is 0 Å². The summed E-state index contributed by atoms with van der Waals surface area (Å²) in [6, 6.07) is 69.0. The fraction of sp³-hybridized carbons (Fsp3) is 0.0156. The molecule has 0 N–H and O–H groups in total. The Labute approximate surface area is 416 Å². The minimum absolute atomic E-state index is 0.575. The van der Waals surface area contributed by atoms with Gasteiger partial charge in [-0.15, -0.1) is 22.7 Å². The van der Waals surface area contributed by atoms with E-state index in [0.717, 1.165) is 71.7 Å². The molecule has 5 nitrogen and oxygen atoms in total. The summed E-state index contributed by atoms with van der Waals surface area (Å²) in [5, 5.41) is 7.98. The number of nitrogens with zero attached hydrogens (tertiary/aromatic N) is 4. The molecule has 5 heterocycles. The van der Waals surface area contributed by atoms with Gasteiger partial charge in [0.15, 0.2) is 17.5 Å². The Morgan fingerprint density at radius 3 is 2.03 bits per heavy atom. The molecule has 0 atom stereocenters. The first kappa shape index (κ1) is 41.2. The van der Waals surface area contributed by atoms with Gasteiger partial charge < -0.3 is 8.98 Å². The van der Waals surface area contributed by atoms with E-state index < -0.39 is 0 Å². The third-order valence-corrected chi connectivity index (χ3v) is 16.1. The molecule has 0 aliphatic carbocycles. The monoisotopic (exact) mass is 944 g/mol. The molecule has 0 saturated carbocycles. The number of allylic oxidation sites excluding steroid dienone is 1. The Morgan fingerprint density at radius 1 is 0.465 bits per heavy atom. The highest BCUT2D eigenvalue weighted by Gasteiger charge is 2.23.